The number of rotatable bonds is 8. The summed E-state index contributed by atoms with van der Waals surface area (Å²) in [4.78, 5) is 4.66. The third-order valence-corrected chi connectivity index (χ3v) is 14.8. The normalized spacial score (nSPS) is 18.3. The van der Waals surface area contributed by atoms with Gasteiger partial charge < -0.3 is 15.1 Å². The van der Waals surface area contributed by atoms with E-state index < -0.39 is 0 Å². The second kappa shape index (κ2) is 20.0. The number of fused-ring (bicyclic) bond motifs is 5. The number of nitrogens with one attached hydrogen (secondary N) is 1. The maximum Gasteiger partial charge on any atom is 0.0468 e. The van der Waals surface area contributed by atoms with Gasteiger partial charge in [-0.25, -0.2) is 0 Å². The van der Waals surface area contributed by atoms with Gasteiger partial charge in [0.25, 0.3) is 0 Å². The zero-order valence-corrected chi connectivity index (χ0v) is 41.4. The topological polar surface area (TPSA) is 18.5 Å². The van der Waals surface area contributed by atoms with Crippen LogP contribution in [0.2, 0.25) is 0 Å². The van der Waals surface area contributed by atoms with Crippen LogP contribution in [0.1, 0.15) is 24.5 Å². The van der Waals surface area contributed by atoms with Crippen molar-refractivity contribution in [2.24, 2.45) is 5.41 Å². The lowest BCUT2D eigenvalue weighted by Gasteiger charge is -2.40. The molecule has 9 aromatic carbocycles. The quantitative estimate of drug-likeness (QED) is 0.164. The second-order valence-electron chi connectivity index (χ2n) is 19.4. The Labute approximate surface area is 435 Å². The molecule has 0 saturated carbocycles. The second-order valence-corrected chi connectivity index (χ2v) is 19.4. The third kappa shape index (κ3) is 9.08. The van der Waals surface area contributed by atoms with Crippen molar-refractivity contribution in [3.8, 4) is 44.5 Å². The summed E-state index contributed by atoms with van der Waals surface area (Å²) >= 11 is 0. The van der Waals surface area contributed by atoms with Crippen LogP contribution < -0.4 is 15.1 Å². The highest BCUT2D eigenvalue weighted by Gasteiger charge is 2.35. The fourth-order valence-electron chi connectivity index (χ4n) is 10.5. The largest absolute Gasteiger partial charge is 0.361 e. The molecule has 3 heteroatoms. The number of para-hydroxylation sites is 1. The molecule has 2 heterocycles. The smallest absolute Gasteiger partial charge is 0.0468 e. The maximum absolute atomic E-state index is 4.44. The van der Waals surface area contributed by atoms with E-state index in [1.54, 1.807) is 0 Å². The van der Waals surface area contributed by atoms with E-state index >= 15 is 0 Å². The lowest BCUT2D eigenvalue weighted by Crippen LogP contribution is -2.33. The highest BCUT2D eigenvalue weighted by Crippen LogP contribution is 2.46. The van der Waals surface area contributed by atoms with Gasteiger partial charge in [-0.1, -0.05) is 207 Å². The van der Waals surface area contributed by atoms with E-state index in [9.17, 15) is 0 Å². The SMILES string of the molecule is C=C1/C=C\C=C/N(c2ccc(-c3ccc(-c4ccc(N(c5ccc(-c6ccc(C7=C/C=C/Nc8ccccc8-c8ccccc8/C=C\7)cc6)cc5)c5ccc6ccccc6c5)cc4)cc3)cc2)C2=CC=CCC12C. The van der Waals surface area contributed by atoms with Crippen LogP contribution in [0.25, 0.3) is 66.9 Å². The molecule has 9 aromatic rings. The number of benzene rings is 9. The summed E-state index contributed by atoms with van der Waals surface area (Å²) in [5.41, 5.74) is 20.5. The van der Waals surface area contributed by atoms with Gasteiger partial charge in [0.05, 0.1) is 0 Å². The molecule has 1 unspecified atom stereocenters. The molecule has 0 spiro atoms. The van der Waals surface area contributed by atoms with Crippen molar-refractivity contribution in [1.82, 2.24) is 0 Å². The van der Waals surface area contributed by atoms with Crippen molar-refractivity contribution in [3.63, 3.8) is 0 Å². The van der Waals surface area contributed by atoms with E-state index in [0.29, 0.717) is 0 Å². The van der Waals surface area contributed by atoms with E-state index in [1.807, 2.05) is 6.20 Å². The van der Waals surface area contributed by atoms with Gasteiger partial charge >= 0.3 is 0 Å². The third-order valence-electron chi connectivity index (χ3n) is 14.8. The highest BCUT2D eigenvalue weighted by molar-refractivity contribution is 5.91. The fraction of sp³-hybridized carbons (Fsp3) is 0.0423. The summed E-state index contributed by atoms with van der Waals surface area (Å²) in [6.07, 6.45) is 26.7. The van der Waals surface area contributed by atoms with E-state index in [4.69, 9.17) is 0 Å². The summed E-state index contributed by atoms with van der Waals surface area (Å²) in [7, 11) is 0. The van der Waals surface area contributed by atoms with Crippen LogP contribution in [0.15, 0.2) is 297 Å². The van der Waals surface area contributed by atoms with Crippen LogP contribution in [0, 0.1) is 5.41 Å². The molecule has 0 fully saturated rings. The first kappa shape index (κ1) is 45.7. The number of nitrogens with zero attached hydrogens (tertiary/aromatic N) is 2. The molecular weight excluding hydrogens is 895 g/mol. The van der Waals surface area contributed by atoms with E-state index in [1.165, 1.54) is 55.4 Å². The molecule has 0 saturated heterocycles. The average Bonchev–Trinajstić information content (AvgIpc) is 3.49. The monoisotopic (exact) mass is 949 g/mol. The first-order chi connectivity index (χ1) is 36.4. The lowest BCUT2D eigenvalue weighted by atomic mass is 9.73. The lowest BCUT2D eigenvalue weighted by molar-refractivity contribution is 0.483. The molecule has 2 aliphatic heterocycles. The van der Waals surface area contributed by atoms with Gasteiger partial charge in [0, 0.05) is 57.5 Å². The summed E-state index contributed by atoms with van der Waals surface area (Å²) in [5.74, 6) is 0. The first-order valence-electron chi connectivity index (χ1n) is 25.5. The average molecular weight is 950 g/mol. The van der Waals surface area contributed by atoms with Crippen LogP contribution >= 0.6 is 0 Å². The molecule has 1 N–H and O–H groups in total. The maximum atomic E-state index is 4.44. The Morgan fingerprint density at radius 2 is 1.03 bits per heavy atom. The molecule has 3 nitrogen and oxygen atoms in total. The predicted molar refractivity (Wildman–Crippen MR) is 316 cm³/mol. The highest BCUT2D eigenvalue weighted by atomic mass is 15.1. The molecule has 74 heavy (non-hydrogen) atoms. The summed E-state index contributed by atoms with van der Waals surface area (Å²) in [6.45, 7) is 6.73. The molecule has 0 amide bonds. The summed E-state index contributed by atoms with van der Waals surface area (Å²) in [5, 5.41) is 5.94. The van der Waals surface area contributed by atoms with Gasteiger partial charge in [-0.15, -0.1) is 0 Å². The van der Waals surface area contributed by atoms with Crippen molar-refractivity contribution in [1.29, 1.82) is 0 Å². The Kier molecular flexibility index (Phi) is 12.3. The van der Waals surface area contributed by atoms with E-state index in [-0.39, 0.29) is 5.41 Å². The molecule has 1 aliphatic carbocycles. The van der Waals surface area contributed by atoms with Gasteiger partial charge in [0.2, 0.25) is 0 Å². The zero-order valence-electron chi connectivity index (χ0n) is 41.4. The van der Waals surface area contributed by atoms with Gasteiger partial charge in [-0.2, -0.15) is 0 Å². The van der Waals surface area contributed by atoms with Crippen LogP contribution in [-0.2, 0) is 0 Å². The number of hydrogen-bond acceptors (Lipinski definition) is 3. The van der Waals surface area contributed by atoms with Crippen molar-refractivity contribution in [2.75, 3.05) is 15.1 Å². The van der Waals surface area contributed by atoms with Gasteiger partial charge in [-0.05, 0) is 158 Å². The Balaban J connectivity index is 0.788. The van der Waals surface area contributed by atoms with Gasteiger partial charge in [0.15, 0.2) is 0 Å². The molecule has 0 radical (unpaired) electrons. The molecule has 3 aliphatic rings. The van der Waals surface area contributed by atoms with Crippen molar-refractivity contribution < 1.29 is 0 Å². The molecule has 354 valence electrons. The Morgan fingerprint density at radius 1 is 0.473 bits per heavy atom. The fourth-order valence-corrected chi connectivity index (χ4v) is 10.5. The zero-order chi connectivity index (χ0) is 49.8. The molecule has 12 rings (SSSR count). The van der Waals surface area contributed by atoms with E-state index in [2.05, 4.69) is 308 Å². The van der Waals surface area contributed by atoms with Crippen LogP contribution in [-0.4, -0.2) is 0 Å². The minimum absolute atomic E-state index is 0.162. The molecule has 0 aromatic heterocycles. The van der Waals surface area contributed by atoms with Gasteiger partial charge in [-0.3, -0.25) is 0 Å². The summed E-state index contributed by atoms with van der Waals surface area (Å²) in [6, 6.07) is 77.0. The Hall–Kier alpha value is -9.44. The van der Waals surface area contributed by atoms with Crippen LogP contribution in [0.5, 0.6) is 0 Å². The van der Waals surface area contributed by atoms with Crippen molar-refractivity contribution in [3.05, 3.63) is 308 Å². The summed E-state index contributed by atoms with van der Waals surface area (Å²) < 4.78 is 0. The van der Waals surface area contributed by atoms with Crippen molar-refractivity contribution >= 4 is 50.9 Å². The first-order valence-corrected chi connectivity index (χ1v) is 25.5. The number of anilines is 5. The molecular formula is C71H55N3. The van der Waals surface area contributed by atoms with Crippen LogP contribution in [0.3, 0.4) is 0 Å². The Morgan fingerprint density at radius 3 is 1.70 bits per heavy atom. The van der Waals surface area contributed by atoms with Crippen molar-refractivity contribution in [2.45, 2.75) is 13.3 Å². The minimum Gasteiger partial charge on any atom is -0.361 e. The molecule has 0 bridgehead atoms. The number of allylic oxidation sites excluding steroid dienone is 11. The standard InChI is InChI=1S/C71H55N3/c1-51-14-10-12-49-73(70-22-9-11-47-71(51,70)2)63-40-33-58(34-41-63)55-27-29-57(30-28-55)60-37-44-65(45-38-60)74(66-46-39-53-15-3-4-17-62(53)50-66)64-42-35-59(36-43-64)56-25-23-54(24-26-56)52-18-13-48-72-69-21-8-7-20-68(69)67-19-6-5-16-61(67)32-31-52/h3-46,48-50,72H,1,47H2,2H3/b14-10-,32-31-,48-13+,49-12-,52-18+. The van der Waals surface area contributed by atoms with E-state index in [0.717, 1.165) is 62.7 Å². The molecule has 1 atom stereocenters. The minimum atomic E-state index is -0.162. The van der Waals surface area contributed by atoms with Gasteiger partial charge in [0.1, 0.15) is 0 Å². The predicted octanol–water partition coefficient (Wildman–Crippen LogP) is 19.3. The Bertz CT molecular complexity index is 3770. The number of hydrogen-bond donors (Lipinski definition) is 1. The van der Waals surface area contributed by atoms with Crippen LogP contribution in [0.4, 0.5) is 28.4 Å².